The second-order valence-corrected chi connectivity index (χ2v) is 4.76. The van der Waals surface area contributed by atoms with Crippen LogP contribution in [0.4, 0.5) is 5.95 Å². The summed E-state index contributed by atoms with van der Waals surface area (Å²) in [7, 11) is 0. The fourth-order valence-electron chi connectivity index (χ4n) is 1.72. The van der Waals surface area contributed by atoms with E-state index in [1.807, 2.05) is 12.3 Å². The number of rotatable bonds is 2. The van der Waals surface area contributed by atoms with Crippen LogP contribution in [0.25, 0.3) is 16.0 Å². The summed E-state index contributed by atoms with van der Waals surface area (Å²) in [4.78, 5) is 10.7. The van der Waals surface area contributed by atoms with Gasteiger partial charge in [0.1, 0.15) is 4.83 Å². The molecule has 0 amide bonds. The van der Waals surface area contributed by atoms with E-state index >= 15 is 0 Å². The first-order chi connectivity index (χ1) is 8.28. The van der Waals surface area contributed by atoms with Crippen molar-refractivity contribution in [1.29, 1.82) is 0 Å². The van der Waals surface area contributed by atoms with Crippen LogP contribution >= 0.6 is 11.3 Å². The molecule has 0 aliphatic rings. The number of fused-ring (bicyclic) bond motifs is 1. The maximum Gasteiger partial charge on any atom is 0.223 e. The summed E-state index contributed by atoms with van der Waals surface area (Å²) in [6.07, 6.45) is 4.56. The molecular weight excluding hydrogens is 234 g/mol. The lowest BCUT2D eigenvalue weighted by molar-refractivity contribution is 0.854. The van der Waals surface area contributed by atoms with Gasteiger partial charge in [-0.1, -0.05) is 6.92 Å². The minimum Gasteiger partial charge on any atom is -0.368 e. The molecule has 0 aromatic carbocycles. The Morgan fingerprint density at radius 2 is 2.29 bits per heavy atom. The Hall–Kier alpha value is -1.95. The van der Waals surface area contributed by atoms with E-state index in [-0.39, 0.29) is 5.95 Å². The van der Waals surface area contributed by atoms with E-state index in [4.69, 9.17) is 5.73 Å². The highest BCUT2D eigenvalue weighted by Gasteiger charge is 2.11. The van der Waals surface area contributed by atoms with Gasteiger partial charge in [0.25, 0.3) is 0 Å². The van der Waals surface area contributed by atoms with Gasteiger partial charge in [-0.3, -0.25) is 0 Å². The van der Waals surface area contributed by atoms with Gasteiger partial charge in [0.15, 0.2) is 5.82 Å². The van der Waals surface area contributed by atoms with Crippen molar-refractivity contribution in [3.05, 3.63) is 29.4 Å². The summed E-state index contributed by atoms with van der Waals surface area (Å²) in [5, 5.41) is 5.19. The van der Waals surface area contributed by atoms with Crippen LogP contribution in [-0.4, -0.2) is 19.7 Å². The van der Waals surface area contributed by atoms with Gasteiger partial charge in [-0.05, 0) is 18.6 Å². The summed E-state index contributed by atoms with van der Waals surface area (Å²) < 4.78 is 1.71. The number of aromatic nitrogens is 4. The van der Waals surface area contributed by atoms with Crippen molar-refractivity contribution in [2.24, 2.45) is 0 Å². The van der Waals surface area contributed by atoms with E-state index in [0.717, 1.165) is 22.5 Å². The zero-order valence-corrected chi connectivity index (χ0v) is 10.1. The van der Waals surface area contributed by atoms with Crippen LogP contribution in [0.3, 0.4) is 0 Å². The Balaban J connectivity index is 2.32. The van der Waals surface area contributed by atoms with Gasteiger partial charge in [-0.25, -0.2) is 9.67 Å². The monoisotopic (exact) mass is 245 g/mol. The van der Waals surface area contributed by atoms with E-state index in [1.54, 1.807) is 22.2 Å². The molecule has 0 atom stereocenters. The predicted molar refractivity (Wildman–Crippen MR) is 68.3 cm³/mol. The highest BCUT2D eigenvalue weighted by molar-refractivity contribution is 7.18. The topological polar surface area (TPSA) is 69.6 Å². The van der Waals surface area contributed by atoms with Crippen LogP contribution < -0.4 is 5.73 Å². The lowest BCUT2D eigenvalue weighted by atomic mass is 10.3. The van der Waals surface area contributed by atoms with Gasteiger partial charge < -0.3 is 5.73 Å². The molecule has 0 spiro atoms. The van der Waals surface area contributed by atoms with E-state index < -0.39 is 0 Å². The summed E-state index contributed by atoms with van der Waals surface area (Å²) in [5.74, 6) is 1.03. The number of nitrogens with zero attached hydrogens (tertiary/aromatic N) is 4. The second kappa shape index (κ2) is 3.81. The average molecular weight is 245 g/mol. The molecule has 0 saturated heterocycles. The van der Waals surface area contributed by atoms with Gasteiger partial charge in [-0.2, -0.15) is 10.1 Å². The molecule has 0 bridgehead atoms. The lowest BCUT2D eigenvalue weighted by Gasteiger charge is -2.02. The van der Waals surface area contributed by atoms with Crippen molar-refractivity contribution in [3.8, 4) is 5.82 Å². The highest BCUT2D eigenvalue weighted by atomic mass is 32.1. The lowest BCUT2D eigenvalue weighted by Crippen LogP contribution is -2.03. The van der Waals surface area contributed by atoms with E-state index in [9.17, 15) is 0 Å². The fraction of sp³-hybridized carbons (Fsp3) is 0.182. The number of thiophene rings is 1. The van der Waals surface area contributed by atoms with Crippen LogP contribution in [0.5, 0.6) is 0 Å². The molecule has 3 heterocycles. The average Bonchev–Trinajstić information content (AvgIpc) is 2.96. The predicted octanol–water partition coefficient (Wildman–Crippen LogP) is 2.02. The Labute approximate surface area is 102 Å². The molecular formula is C11H11N5S. The summed E-state index contributed by atoms with van der Waals surface area (Å²) in [5.41, 5.74) is 5.72. The van der Waals surface area contributed by atoms with Crippen molar-refractivity contribution in [2.45, 2.75) is 13.3 Å². The first kappa shape index (κ1) is 10.2. The van der Waals surface area contributed by atoms with Crippen molar-refractivity contribution in [3.63, 3.8) is 0 Å². The third-order valence-corrected chi connectivity index (χ3v) is 3.68. The summed E-state index contributed by atoms with van der Waals surface area (Å²) in [6.45, 7) is 2.12. The molecule has 86 valence electrons. The molecule has 6 heteroatoms. The molecule has 0 fully saturated rings. The van der Waals surface area contributed by atoms with Crippen molar-refractivity contribution in [1.82, 2.24) is 19.7 Å². The number of nitrogen functional groups attached to an aromatic ring is 1. The van der Waals surface area contributed by atoms with Crippen molar-refractivity contribution in [2.75, 3.05) is 5.73 Å². The van der Waals surface area contributed by atoms with Crippen LogP contribution in [0.15, 0.2) is 24.5 Å². The summed E-state index contributed by atoms with van der Waals surface area (Å²) in [6, 6.07) is 3.97. The first-order valence-electron chi connectivity index (χ1n) is 5.34. The van der Waals surface area contributed by atoms with Gasteiger partial charge in [0.05, 0.1) is 5.39 Å². The van der Waals surface area contributed by atoms with Gasteiger partial charge in [0.2, 0.25) is 5.95 Å². The van der Waals surface area contributed by atoms with Crippen LogP contribution in [0.2, 0.25) is 0 Å². The zero-order valence-electron chi connectivity index (χ0n) is 9.29. The van der Waals surface area contributed by atoms with Crippen LogP contribution in [0.1, 0.15) is 11.8 Å². The Kier molecular flexibility index (Phi) is 2.29. The third-order valence-electron chi connectivity index (χ3n) is 2.51. The number of aryl methyl sites for hydroxylation is 1. The Morgan fingerprint density at radius 1 is 1.41 bits per heavy atom. The van der Waals surface area contributed by atoms with E-state index in [2.05, 4.69) is 28.1 Å². The maximum absolute atomic E-state index is 5.72. The van der Waals surface area contributed by atoms with Crippen LogP contribution in [0, 0.1) is 0 Å². The number of anilines is 1. The quantitative estimate of drug-likeness (QED) is 0.750. The summed E-state index contributed by atoms with van der Waals surface area (Å²) >= 11 is 1.65. The number of hydrogen-bond donors (Lipinski definition) is 1. The molecule has 3 aromatic rings. The molecule has 5 nitrogen and oxygen atoms in total. The molecule has 0 aliphatic heterocycles. The minimum absolute atomic E-state index is 0.285. The van der Waals surface area contributed by atoms with Crippen LogP contribution in [-0.2, 0) is 6.42 Å². The molecule has 0 aliphatic carbocycles. The third kappa shape index (κ3) is 1.66. The highest BCUT2D eigenvalue weighted by Crippen LogP contribution is 2.28. The van der Waals surface area contributed by atoms with Gasteiger partial charge in [0, 0.05) is 17.3 Å². The molecule has 3 aromatic heterocycles. The molecule has 17 heavy (non-hydrogen) atoms. The maximum atomic E-state index is 5.72. The molecule has 0 saturated carbocycles. The second-order valence-electron chi connectivity index (χ2n) is 3.64. The fourth-order valence-corrected chi connectivity index (χ4v) is 2.68. The molecule has 0 unspecified atom stereocenters. The van der Waals surface area contributed by atoms with Crippen molar-refractivity contribution < 1.29 is 0 Å². The molecule has 0 radical (unpaired) electrons. The van der Waals surface area contributed by atoms with Crippen molar-refractivity contribution >= 4 is 27.5 Å². The van der Waals surface area contributed by atoms with E-state index in [0.29, 0.717) is 0 Å². The standard InChI is InChI=1S/C11H11N5S/c1-2-7-6-8-9(16-5-3-4-13-16)14-11(12)15-10(8)17-7/h3-6H,2H2,1H3,(H2,12,14,15). The van der Waals surface area contributed by atoms with Gasteiger partial charge in [-0.15, -0.1) is 11.3 Å². The molecule has 3 rings (SSSR count). The molecule has 2 N–H and O–H groups in total. The minimum atomic E-state index is 0.285. The normalized spacial score (nSPS) is 11.1. The Bertz CT molecular complexity index is 656. The van der Waals surface area contributed by atoms with Gasteiger partial charge >= 0.3 is 0 Å². The largest absolute Gasteiger partial charge is 0.368 e. The Morgan fingerprint density at radius 3 is 3.00 bits per heavy atom. The number of nitrogens with two attached hydrogens (primary N) is 1. The smallest absolute Gasteiger partial charge is 0.223 e. The zero-order chi connectivity index (χ0) is 11.8. The van der Waals surface area contributed by atoms with E-state index in [1.165, 1.54) is 4.88 Å². The first-order valence-corrected chi connectivity index (χ1v) is 6.15. The number of hydrogen-bond acceptors (Lipinski definition) is 5. The SMILES string of the molecule is CCc1cc2c(-n3cccn3)nc(N)nc2s1.